The number of hydrogen-bond acceptors (Lipinski definition) is 3. The van der Waals surface area contributed by atoms with Crippen LogP contribution in [0.1, 0.15) is 32.4 Å². The minimum Gasteiger partial charge on any atom is -0.395 e. The highest BCUT2D eigenvalue weighted by Crippen LogP contribution is 2.28. The molecule has 0 fully saturated rings. The fraction of sp³-hybridized carbons (Fsp3) is 0.538. The lowest BCUT2D eigenvalue weighted by molar-refractivity contribution is 0.299. The van der Waals surface area contributed by atoms with E-state index in [0.29, 0.717) is 12.6 Å². The second-order valence-corrected chi connectivity index (χ2v) is 5.36. The van der Waals surface area contributed by atoms with E-state index in [2.05, 4.69) is 46.8 Å². The summed E-state index contributed by atoms with van der Waals surface area (Å²) < 4.78 is 1.02. The van der Waals surface area contributed by atoms with Gasteiger partial charge in [-0.1, -0.05) is 22.0 Å². The molecule has 17 heavy (non-hydrogen) atoms. The van der Waals surface area contributed by atoms with Crippen molar-refractivity contribution in [2.75, 3.05) is 18.1 Å². The monoisotopic (exact) mass is 300 g/mol. The van der Waals surface area contributed by atoms with Crippen LogP contribution in [0.2, 0.25) is 0 Å². The molecule has 0 aliphatic carbocycles. The topological polar surface area (TPSA) is 49.5 Å². The molecule has 1 rings (SSSR count). The summed E-state index contributed by atoms with van der Waals surface area (Å²) in [6, 6.07) is 6.53. The van der Waals surface area contributed by atoms with Crippen LogP contribution in [0.15, 0.2) is 22.7 Å². The second-order valence-electron chi connectivity index (χ2n) is 4.51. The van der Waals surface area contributed by atoms with Crippen molar-refractivity contribution in [2.24, 2.45) is 5.73 Å². The van der Waals surface area contributed by atoms with E-state index in [1.165, 1.54) is 0 Å². The number of rotatable bonds is 5. The zero-order chi connectivity index (χ0) is 13.0. The van der Waals surface area contributed by atoms with Crippen LogP contribution >= 0.6 is 15.9 Å². The van der Waals surface area contributed by atoms with Crippen molar-refractivity contribution in [2.45, 2.75) is 32.9 Å². The molecular weight excluding hydrogens is 280 g/mol. The summed E-state index contributed by atoms with van der Waals surface area (Å²) in [5, 5.41) is 9.09. The van der Waals surface area contributed by atoms with Gasteiger partial charge in [-0.3, -0.25) is 0 Å². The molecule has 0 heterocycles. The quantitative estimate of drug-likeness (QED) is 0.879. The maximum absolute atomic E-state index is 9.09. The number of halogens is 1. The SMILES string of the molecule is CC(N)c1ccc(N(CCO)C(C)C)cc1Br. The van der Waals surface area contributed by atoms with Crippen LogP contribution in [-0.2, 0) is 0 Å². The number of aliphatic hydroxyl groups is 1. The van der Waals surface area contributed by atoms with Gasteiger partial charge in [0.25, 0.3) is 0 Å². The van der Waals surface area contributed by atoms with E-state index >= 15 is 0 Å². The van der Waals surface area contributed by atoms with Crippen LogP contribution in [0, 0.1) is 0 Å². The molecule has 0 saturated carbocycles. The molecule has 0 amide bonds. The summed E-state index contributed by atoms with van der Waals surface area (Å²) in [7, 11) is 0. The molecule has 0 aliphatic rings. The van der Waals surface area contributed by atoms with Crippen LogP contribution < -0.4 is 10.6 Å². The lowest BCUT2D eigenvalue weighted by atomic mass is 10.1. The average molecular weight is 301 g/mol. The largest absolute Gasteiger partial charge is 0.395 e. The van der Waals surface area contributed by atoms with Crippen LogP contribution in [0.5, 0.6) is 0 Å². The van der Waals surface area contributed by atoms with Gasteiger partial charge in [-0.15, -0.1) is 0 Å². The van der Waals surface area contributed by atoms with Gasteiger partial charge in [-0.2, -0.15) is 0 Å². The normalized spacial score (nSPS) is 12.9. The minimum atomic E-state index is 0.0174. The molecule has 0 aromatic heterocycles. The van der Waals surface area contributed by atoms with Crippen molar-refractivity contribution >= 4 is 21.6 Å². The second kappa shape index (κ2) is 6.38. The molecule has 0 aliphatic heterocycles. The van der Waals surface area contributed by atoms with Gasteiger partial charge >= 0.3 is 0 Å². The number of aliphatic hydroxyl groups excluding tert-OH is 1. The Morgan fingerprint density at radius 3 is 2.41 bits per heavy atom. The van der Waals surface area contributed by atoms with Crippen LogP contribution in [0.3, 0.4) is 0 Å². The van der Waals surface area contributed by atoms with Crippen molar-refractivity contribution in [1.29, 1.82) is 0 Å². The van der Waals surface area contributed by atoms with Gasteiger partial charge in [0.1, 0.15) is 0 Å². The Balaban J connectivity index is 3.02. The standard InChI is InChI=1S/C13H21BrN2O/c1-9(2)16(6-7-17)11-4-5-12(10(3)15)13(14)8-11/h4-5,8-10,17H,6-7,15H2,1-3H3. The Morgan fingerprint density at radius 2 is 2.00 bits per heavy atom. The van der Waals surface area contributed by atoms with Gasteiger partial charge in [0.05, 0.1) is 6.61 Å². The zero-order valence-corrected chi connectivity index (χ0v) is 12.2. The Kier molecular flexibility index (Phi) is 5.43. The maximum Gasteiger partial charge on any atom is 0.0606 e. The summed E-state index contributed by atoms with van der Waals surface area (Å²) in [5.41, 5.74) is 8.08. The molecule has 1 aromatic carbocycles. The Hall–Kier alpha value is -0.580. The van der Waals surface area contributed by atoms with Gasteiger partial charge in [0.15, 0.2) is 0 Å². The van der Waals surface area contributed by atoms with E-state index in [0.717, 1.165) is 15.7 Å². The van der Waals surface area contributed by atoms with Crippen molar-refractivity contribution in [3.8, 4) is 0 Å². The van der Waals surface area contributed by atoms with Crippen LogP contribution in [0.4, 0.5) is 5.69 Å². The first-order valence-corrected chi connectivity index (χ1v) is 6.69. The molecule has 1 atom stereocenters. The zero-order valence-electron chi connectivity index (χ0n) is 10.7. The average Bonchev–Trinajstić information content (AvgIpc) is 2.24. The lowest BCUT2D eigenvalue weighted by Gasteiger charge is -2.29. The van der Waals surface area contributed by atoms with E-state index in [1.54, 1.807) is 0 Å². The molecule has 96 valence electrons. The summed E-state index contributed by atoms with van der Waals surface area (Å²) in [6.45, 7) is 6.99. The molecule has 4 heteroatoms. The Morgan fingerprint density at radius 1 is 1.35 bits per heavy atom. The van der Waals surface area contributed by atoms with Gasteiger partial charge in [-0.05, 0) is 38.5 Å². The molecule has 1 unspecified atom stereocenters. The van der Waals surface area contributed by atoms with E-state index in [-0.39, 0.29) is 12.6 Å². The molecule has 1 aromatic rings. The van der Waals surface area contributed by atoms with Crippen molar-refractivity contribution in [1.82, 2.24) is 0 Å². The first-order chi connectivity index (χ1) is 7.97. The predicted molar refractivity (Wildman–Crippen MR) is 76.3 cm³/mol. The van der Waals surface area contributed by atoms with Crippen molar-refractivity contribution in [3.63, 3.8) is 0 Å². The molecular formula is C13H21BrN2O. The van der Waals surface area contributed by atoms with Crippen molar-refractivity contribution in [3.05, 3.63) is 28.2 Å². The third-order valence-electron chi connectivity index (χ3n) is 2.77. The number of hydrogen-bond donors (Lipinski definition) is 2. The smallest absolute Gasteiger partial charge is 0.0606 e. The Labute approximate surface area is 112 Å². The highest BCUT2D eigenvalue weighted by molar-refractivity contribution is 9.10. The fourth-order valence-corrected chi connectivity index (χ4v) is 2.58. The fourth-order valence-electron chi connectivity index (χ4n) is 1.86. The number of nitrogens with zero attached hydrogens (tertiary/aromatic N) is 1. The highest BCUT2D eigenvalue weighted by Gasteiger charge is 2.12. The summed E-state index contributed by atoms with van der Waals surface area (Å²) in [6.07, 6.45) is 0. The van der Waals surface area contributed by atoms with E-state index in [4.69, 9.17) is 10.8 Å². The third-order valence-corrected chi connectivity index (χ3v) is 3.46. The molecule has 3 nitrogen and oxygen atoms in total. The number of nitrogens with two attached hydrogens (primary N) is 1. The predicted octanol–water partition coefficient (Wildman–Crippen LogP) is 2.68. The maximum atomic E-state index is 9.09. The third kappa shape index (κ3) is 3.69. The summed E-state index contributed by atoms with van der Waals surface area (Å²) >= 11 is 3.55. The Bertz CT molecular complexity index is 366. The molecule has 3 N–H and O–H groups in total. The highest BCUT2D eigenvalue weighted by atomic mass is 79.9. The van der Waals surface area contributed by atoms with Gasteiger partial charge in [-0.25, -0.2) is 0 Å². The first kappa shape index (κ1) is 14.5. The van der Waals surface area contributed by atoms with Crippen molar-refractivity contribution < 1.29 is 5.11 Å². The summed E-state index contributed by atoms with van der Waals surface area (Å²) in [4.78, 5) is 2.16. The van der Waals surface area contributed by atoms with Gasteiger partial charge < -0.3 is 15.7 Å². The summed E-state index contributed by atoms with van der Waals surface area (Å²) in [5.74, 6) is 0. The molecule has 0 saturated heterocycles. The lowest BCUT2D eigenvalue weighted by Crippen LogP contribution is -2.33. The first-order valence-electron chi connectivity index (χ1n) is 5.90. The van der Waals surface area contributed by atoms with E-state index in [9.17, 15) is 0 Å². The van der Waals surface area contributed by atoms with Crippen LogP contribution in [0.25, 0.3) is 0 Å². The minimum absolute atomic E-state index is 0.0174. The van der Waals surface area contributed by atoms with Crippen LogP contribution in [-0.4, -0.2) is 24.3 Å². The molecule has 0 bridgehead atoms. The van der Waals surface area contributed by atoms with E-state index < -0.39 is 0 Å². The van der Waals surface area contributed by atoms with Gasteiger partial charge in [0.2, 0.25) is 0 Å². The van der Waals surface area contributed by atoms with E-state index in [1.807, 2.05) is 13.0 Å². The number of anilines is 1. The molecule has 0 radical (unpaired) electrons. The molecule has 0 spiro atoms. The van der Waals surface area contributed by atoms with Gasteiger partial charge in [0, 0.05) is 28.8 Å². The number of benzene rings is 1.